The SMILES string of the molecule is CS(=O)(=O)c1cccc(C(=O)c2cc(F)ccc2F)c1. The molecule has 0 N–H and O–H groups in total. The highest BCUT2D eigenvalue weighted by molar-refractivity contribution is 7.90. The van der Waals surface area contributed by atoms with Gasteiger partial charge in [-0.15, -0.1) is 0 Å². The number of hydrogen-bond acceptors (Lipinski definition) is 3. The molecule has 0 aliphatic heterocycles. The quantitative estimate of drug-likeness (QED) is 0.818. The van der Waals surface area contributed by atoms with Crippen LogP contribution in [0.1, 0.15) is 15.9 Å². The summed E-state index contributed by atoms with van der Waals surface area (Å²) in [4.78, 5) is 12.0. The van der Waals surface area contributed by atoms with Gasteiger partial charge >= 0.3 is 0 Å². The summed E-state index contributed by atoms with van der Waals surface area (Å²) in [6.45, 7) is 0. The van der Waals surface area contributed by atoms with E-state index in [1.54, 1.807) is 0 Å². The van der Waals surface area contributed by atoms with E-state index in [0.717, 1.165) is 30.5 Å². The molecule has 3 nitrogen and oxygen atoms in total. The van der Waals surface area contributed by atoms with E-state index in [1.807, 2.05) is 0 Å². The van der Waals surface area contributed by atoms with Crippen molar-refractivity contribution in [3.8, 4) is 0 Å². The van der Waals surface area contributed by atoms with Crippen molar-refractivity contribution in [1.29, 1.82) is 0 Å². The highest BCUT2D eigenvalue weighted by Crippen LogP contribution is 2.18. The van der Waals surface area contributed by atoms with Crippen molar-refractivity contribution in [2.75, 3.05) is 6.26 Å². The van der Waals surface area contributed by atoms with Crippen molar-refractivity contribution < 1.29 is 22.0 Å². The fraction of sp³-hybridized carbons (Fsp3) is 0.0714. The molecule has 2 aromatic carbocycles. The van der Waals surface area contributed by atoms with Crippen LogP contribution in [0.4, 0.5) is 8.78 Å². The molecule has 20 heavy (non-hydrogen) atoms. The van der Waals surface area contributed by atoms with E-state index in [-0.39, 0.29) is 10.5 Å². The largest absolute Gasteiger partial charge is 0.288 e. The third-order valence-corrected chi connectivity index (χ3v) is 3.81. The lowest BCUT2D eigenvalue weighted by atomic mass is 10.0. The summed E-state index contributed by atoms with van der Waals surface area (Å²) in [5, 5.41) is 0. The van der Waals surface area contributed by atoms with Gasteiger partial charge < -0.3 is 0 Å². The average molecular weight is 296 g/mol. The minimum atomic E-state index is -3.48. The first-order valence-corrected chi connectivity index (χ1v) is 7.48. The summed E-state index contributed by atoms with van der Waals surface area (Å²) in [5.74, 6) is -2.37. The molecule has 0 heterocycles. The van der Waals surface area contributed by atoms with Gasteiger partial charge in [0.1, 0.15) is 11.6 Å². The first kappa shape index (κ1) is 14.3. The highest BCUT2D eigenvalue weighted by Gasteiger charge is 2.17. The van der Waals surface area contributed by atoms with Crippen LogP contribution in [-0.4, -0.2) is 20.5 Å². The molecule has 0 unspecified atom stereocenters. The second kappa shape index (κ2) is 5.13. The Labute approximate surface area is 114 Å². The Kier molecular flexibility index (Phi) is 3.67. The molecule has 0 spiro atoms. The van der Waals surface area contributed by atoms with Crippen LogP contribution in [0.5, 0.6) is 0 Å². The number of ketones is 1. The Hall–Kier alpha value is -2.08. The van der Waals surface area contributed by atoms with Gasteiger partial charge in [0, 0.05) is 11.8 Å². The van der Waals surface area contributed by atoms with Gasteiger partial charge in [-0.25, -0.2) is 17.2 Å². The number of carbonyl (C=O) groups is 1. The molecule has 0 radical (unpaired) electrons. The molecule has 0 aliphatic rings. The van der Waals surface area contributed by atoms with Crippen LogP contribution in [0.25, 0.3) is 0 Å². The number of rotatable bonds is 3. The fourth-order valence-corrected chi connectivity index (χ4v) is 2.36. The van der Waals surface area contributed by atoms with E-state index < -0.39 is 32.8 Å². The van der Waals surface area contributed by atoms with Gasteiger partial charge in [-0.3, -0.25) is 4.79 Å². The smallest absolute Gasteiger partial charge is 0.196 e. The lowest BCUT2D eigenvalue weighted by Crippen LogP contribution is -2.06. The lowest BCUT2D eigenvalue weighted by molar-refractivity contribution is 0.103. The maximum absolute atomic E-state index is 13.5. The van der Waals surface area contributed by atoms with Crippen LogP contribution in [0.3, 0.4) is 0 Å². The van der Waals surface area contributed by atoms with Crippen molar-refractivity contribution in [2.24, 2.45) is 0 Å². The van der Waals surface area contributed by atoms with E-state index in [1.165, 1.54) is 18.2 Å². The summed E-state index contributed by atoms with van der Waals surface area (Å²) < 4.78 is 49.5. The number of sulfone groups is 1. The predicted octanol–water partition coefficient (Wildman–Crippen LogP) is 2.60. The normalized spacial score (nSPS) is 11.3. The first-order valence-electron chi connectivity index (χ1n) is 5.59. The lowest BCUT2D eigenvalue weighted by Gasteiger charge is -2.05. The van der Waals surface area contributed by atoms with Gasteiger partial charge in [-0.05, 0) is 30.3 Å². The van der Waals surface area contributed by atoms with Crippen LogP contribution in [-0.2, 0) is 9.84 Å². The Morgan fingerprint density at radius 1 is 1.05 bits per heavy atom. The number of benzene rings is 2. The maximum Gasteiger partial charge on any atom is 0.196 e. The molecule has 0 saturated heterocycles. The Balaban J connectivity index is 2.52. The summed E-state index contributed by atoms with van der Waals surface area (Å²) in [6, 6.07) is 7.73. The van der Waals surface area contributed by atoms with E-state index in [9.17, 15) is 22.0 Å². The van der Waals surface area contributed by atoms with E-state index in [0.29, 0.717) is 0 Å². The topological polar surface area (TPSA) is 51.2 Å². The average Bonchev–Trinajstić information content (AvgIpc) is 2.40. The van der Waals surface area contributed by atoms with Gasteiger partial charge in [-0.2, -0.15) is 0 Å². The number of carbonyl (C=O) groups excluding carboxylic acids is 1. The van der Waals surface area contributed by atoms with E-state index >= 15 is 0 Å². The van der Waals surface area contributed by atoms with Crippen LogP contribution in [0.2, 0.25) is 0 Å². The monoisotopic (exact) mass is 296 g/mol. The molecule has 104 valence electrons. The zero-order valence-electron chi connectivity index (χ0n) is 10.4. The fourth-order valence-electron chi connectivity index (χ4n) is 1.69. The molecule has 0 atom stereocenters. The van der Waals surface area contributed by atoms with Gasteiger partial charge in [-0.1, -0.05) is 12.1 Å². The van der Waals surface area contributed by atoms with E-state index in [4.69, 9.17) is 0 Å². The predicted molar refractivity (Wildman–Crippen MR) is 69.3 cm³/mol. The van der Waals surface area contributed by atoms with Crippen molar-refractivity contribution in [3.05, 3.63) is 65.2 Å². The molecule has 2 rings (SSSR count). The van der Waals surface area contributed by atoms with E-state index in [2.05, 4.69) is 0 Å². The molecule has 2 aromatic rings. The molecule has 0 fully saturated rings. The van der Waals surface area contributed by atoms with Gasteiger partial charge in [0.2, 0.25) is 0 Å². The Morgan fingerprint density at radius 3 is 2.40 bits per heavy atom. The molecule has 0 saturated carbocycles. The second-order valence-electron chi connectivity index (χ2n) is 4.25. The minimum Gasteiger partial charge on any atom is -0.288 e. The standard InChI is InChI=1S/C14H10F2O3S/c1-20(18,19)11-4-2-3-9(7-11)14(17)12-8-10(15)5-6-13(12)16/h2-8H,1H3. The maximum atomic E-state index is 13.5. The molecule has 0 amide bonds. The first-order chi connectivity index (χ1) is 9.29. The molecule has 0 aliphatic carbocycles. The summed E-state index contributed by atoms with van der Waals surface area (Å²) >= 11 is 0. The van der Waals surface area contributed by atoms with Gasteiger partial charge in [0.05, 0.1) is 10.5 Å². The van der Waals surface area contributed by atoms with Crippen molar-refractivity contribution in [2.45, 2.75) is 4.90 Å². The van der Waals surface area contributed by atoms with Crippen molar-refractivity contribution in [1.82, 2.24) is 0 Å². The van der Waals surface area contributed by atoms with Crippen LogP contribution in [0, 0.1) is 11.6 Å². The highest BCUT2D eigenvalue weighted by atomic mass is 32.2. The van der Waals surface area contributed by atoms with Gasteiger partial charge in [0.15, 0.2) is 15.6 Å². The molecule has 0 bridgehead atoms. The summed E-state index contributed by atoms with van der Waals surface area (Å²) in [6.07, 6.45) is 0.999. The van der Waals surface area contributed by atoms with Crippen LogP contribution < -0.4 is 0 Å². The number of halogens is 2. The summed E-state index contributed by atoms with van der Waals surface area (Å²) in [5.41, 5.74) is -0.451. The molecular formula is C14H10F2O3S. The zero-order valence-corrected chi connectivity index (χ0v) is 11.2. The zero-order chi connectivity index (χ0) is 14.9. The Bertz CT molecular complexity index is 783. The molecule has 0 aromatic heterocycles. The molecule has 6 heteroatoms. The number of hydrogen-bond donors (Lipinski definition) is 0. The third-order valence-electron chi connectivity index (χ3n) is 2.70. The van der Waals surface area contributed by atoms with Crippen molar-refractivity contribution in [3.63, 3.8) is 0 Å². The Morgan fingerprint density at radius 2 is 1.75 bits per heavy atom. The third kappa shape index (κ3) is 2.91. The van der Waals surface area contributed by atoms with Crippen molar-refractivity contribution >= 4 is 15.6 Å². The molecular weight excluding hydrogens is 286 g/mol. The minimum absolute atomic E-state index is 0.0163. The van der Waals surface area contributed by atoms with Gasteiger partial charge in [0.25, 0.3) is 0 Å². The van der Waals surface area contributed by atoms with Crippen LogP contribution in [0.15, 0.2) is 47.4 Å². The van der Waals surface area contributed by atoms with Crippen LogP contribution >= 0.6 is 0 Å². The summed E-state index contributed by atoms with van der Waals surface area (Å²) in [7, 11) is -3.48. The second-order valence-corrected chi connectivity index (χ2v) is 6.27.